The molecule has 0 saturated heterocycles. The predicted octanol–water partition coefficient (Wildman–Crippen LogP) is 9.80. The molecule has 0 aliphatic heterocycles. The van der Waals surface area contributed by atoms with Crippen LogP contribution in [0.2, 0.25) is 23.2 Å². The second-order valence-electron chi connectivity index (χ2n) is 16.4. The van der Waals surface area contributed by atoms with Gasteiger partial charge in [0.15, 0.2) is 8.32 Å². The van der Waals surface area contributed by atoms with Crippen molar-refractivity contribution in [2.45, 2.75) is 116 Å². The van der Waals surface area contributed by atoms with Gasteiger partial charge in [0.25, 0.3) is 8.32 Å². The third-order valence-electron chi connectivity index (χ3n) is 10.5. The summed E-state index contributed by atoms with van der Waals surface area (Å²) in [6.45, 7) is 22.0. The van der Waals surface area contributed by atoms with Crippen LogP contribution in [0.15, 0.2) is 114 Å². The number of hydrogen-bond acceptors (Lipinski definition) is 4. The van der Waals surface area contributed by atoms with Gasteiger partial charge in [-0.1, -0.05) is 146 Å². The number of carbonyl (C=O) groups is 1. The lowest BCUT2D eigenvalue weighted by molar-refractivity contribution is -0.105. The summed E-state index contributed by atoms with van der Waals surface area (Å²) >= 11 is 0. The highest BCUT2D eigenvalue weighted by atomic mass is 28.4. The number of aldehydes is 1. The third-order valence-corrected chi connectivity index (χ3v) is 20.0. The molecule has 6 heteroatoms. The molecule has 0 bridgehead atoms. The molecule has 3 atom stereocenters. The first kappa shape index (κ1) is 38.9. The number of carbonyl (C=O) groups excluding carboxylic acids is 1. The molecular weight excluding hydrogens is 637 g/mol. The fourth-order valence-corrected chi connectivity index (χ4v) is 12.3. The van der Waals surface area contributed by atoms with Crippen LogP contribution in [0, 0.1) is 5.92 Å². The van der Waals surface area contributed by atoms with Crippen molar-refractivity contribution in [3.63, 3.8) is 0 Å². The standard InChI is InChI=1S/C43H60O4Si2/c1-34(32-46-48(8,9)42(2,3)4)21-19-20-24-36-29-40(45-33-35-22-13-10-14-23-35)41(30-37(36)31-44)47-49(43(5,6)7,38-25-15-11-16-26-38)39-27-17-12-18-28-39/h10-18,22-28,30-31,34,40-41H,19-21,29,32-33H2,1-9H3/b36-24+/t34-,40-,41+/m0/s1. The molecule has 49 heavy (non-hydrogen) atoms. The SMILES string of the molecule is C[C@@H](CCC/C=C1\C[C@H](OCc2ccccc2)[C@H](O[Si](c2ccccc2)(c2ccccc2)C(C)(C)C)C=C1C=O)CO[Si](C)(C)C(C)(C)C. The summed E-state index contributed by atoms with van der Waals surface area (Å²) in [5, 5.41) is 2.44. The van der Waals surface area contributed by atoms with Crippen molar-refractivity contribution < 1.29 is 18.4 Å². The number of rotatable bonds is 15. The lowest BCUT2D eigenvalue weighted by Gasteiger charge is -2.46. The minimum Gasteiger partial charge on any atom is -0.417 e. The number of unbranched alkanes of at least 4 members (excludes halogenated alkanes) is 1. The van der Waals surface area contributed by atoms with Crippen molar-refractivity contribution in [2.75, 3.05) is 6.61 Å². The molecular formula is C43H60O4Si2. The maximum atomic E-state index is 12.7. The Kier molecular flexibility index (Phi) is 13.4. The summed E-state index contributed by atoms with van der Waals surface area (Å²) in [5.41, 5.74) is 2.90. The molecule has 0 radical (unpaired) electrons. The fraction of sp³-hybridized carbons (Fsp3) is 0.465. The van der Waals surface area contributed by atoms with Crippen LogP contribution in [0.3, 0.4) is 0 Å². The third kappa shape index (κ3) is 9.89. The van der Waals surface area contributed by atoms with Crippen LogP contribution in [0.5, 0.6) is 0 Å². The zero-order valence-corrected chi connectivity index (χ0v) is 33.5. The largest absolute Gasteiger partial charge is 0.417 e. The molecule has 0 heterocycles. The first-order valence-corrected chi connectivity index (χ1v) is 22.9. The van der Waals surface area contributed by atoms with Crippen LogP contribution in [-0.2, 0) is 25.0 Å². The van der Waals surface area contributed by atoms with E-state index >= 15 is 0 Å². The van der Waals surface area contributed by atoms with E-state index in [2.05, 4.69) is 140 Å². The highest BCUT2D eigenvalue weighted by molar-refractivity contribution is 6.99. The Bertz CT molecular complexity index is 1480. The van der Waals surface area contributed by atoms with Gasteiger partial charge in [-0.2, -0.15) is 0 Å². The van der Waals surface area contributed by atoms with E-state index in [0.717, 1.165) is 48.9 Å². The summed E-state index contributed by atoms with van der Waals surface area (Å²) in [5.74, 6) is 0.492. The first-order valence-electron chi connectivity index (χ1n) is 18.1. The summed E-state index contributed by atoms with van der Waals surface area (Å²) in [7, 11) is -4.65. The lowest BCUT2D eigenvalue weighted by Crippen LogP contribution is -2.68. The van der Waals surface area contributed by atoms with Crippen molar-refractivity contribution in [2.24, 2.45) is 5.92 Å². The highest BCUT2D eigenvalue weighted by Crippen LogP contribution is 2.40. The Morgan fingerprint density at radius 3 is 1.88 bits per heavy atom. The minimum absolute atomic E-state index is 0.198. The zero-order chi connectivity index (χ0) is 35.7. The minimum atomic E-state index is -2.90. The molecule has 264 valence electrons. The van der Waals surface area contributed by atoms with Gasteiger partial charge in [0, 0.05) is 18.6 Å². The summed E-state index contributed by atoms with van der Waals surface area (Å²) in [4.78, 5) is 12.7. The molecule has 3 aromatic rings. The van der Waals surface area contributed by atoms with E-state index in [1.165, 1.54) is 10.4 Å². The smallest absolute Gasteiger partial charge is 0.262 e. The van der Waals surface area contributed by atoms with E-state index in [1.807, 2.05) is 24.3 Å². The van der Waals surface area contributed by atoms with Crippen molar-refractivity contribution in [1.29, 1.82) is 0 Å². The van der Waals surface area contributed by atoms with Gasteiger partial charge in [-0.3, -0.25) is 4.79 Å². The second-order valence-corrected chi connectivity index (χ2v) is 25.4. The van der Waals surface area contributed by atoms with Gasteiger partial charge >= 0.3 is 0 Å². The maximum Gasteiger partial charge on any atom is 0.262 e. The van der Waals surface area contributed by atoms with Crippen LogP contribution in [0.1, 0.15) is 79.7 Å². The first-order chi connectivity index (χ1) is 23.2. The number of allylic oxidation sites excluding steroid dienone is 2. The molecule has 0 aromatic heterocycles. The molecule has 0 spiro atoms. The Morgan fingerprint density at radius 1 is 0.816 bits per heavy atom. The zero-order valence-electron chi connectivity index (χ0n) is 31.5. The van der Waals surface area contributed by atoms with E-state index in [4.69, 9.17) is 13.6 Å². The van der Waals surface area contributed by atoms with Gasteiger partial charge in [-0.05, 0) is 75.9 Å². The number of ether oxygens (including phenoxy) is 1. The van der Waals surface area contributed by atoms with Crippen LogP contribution < -0.4 is 10.4 Å². The summed E-state index contributed by atoms with van der Waals surface area (Å²) < 4.78 is 20.8. The van der Waals surface area contributed by atoms with E-state index in [-0.39, 0.29) is 22.3 Å². The maximum absolute atomic E-state index is 12.7. The van der Waals surface area contributed by atoms with Crippen molar-refractivity contribution in [3.05, 3.63) is 120 Å². The Balaban J connectivity index is 1.62. The Labute approximate surface area is 299 Å². The molecule has 0 saturated carbocycles. The van der Waals surface area contributed by atoms with E-state index in [9.17, 15) is 4.79 Å². The molecule has 0 amide bonds. The highest BCUT2D eigenvalue weighted by Gasteiger charge is 2.52. The molecule has 1 aliphatic carbocycles. The molecule has 4 nitrogen and oxygen atoms in total. The quantitative estimate of drug-likeness (QED) is 0.0902. The average molecular weight is 697 g/mol. The summed E-state index contributed by atoms with van der Waals surface area (Å²) in [6.07, 6.45) is 8.37. The fourth-order valence-electron chi connectivity index (χ4n) is 6.49. The van der Waals surface area contributed by atoms with Gasteiger partial charge in [0.2, 0.25) is 0 Å². The van der Waals surface area contributed by atoms with Crippen LogP contribution in [-0.4, -0.2) is 41.7 Å². The number of benzene rings is 3. The number of hydrogen-bond donors (Lipinski definition) is 0. The predicted molar refractivity (Wildman–Crippen MR) is 211 cm³/mol. The second kappa shape index (κ2) is 16.9. The van der Waals surface area contributed by atoms with Gasteiger partial charge in [-0.25, -0.2) is 0 Å². The van der Waals surface area contributed by atoms with Gasteiger partial charge < -0.3 is 13.6 Å². The van der Waals surface area contributed by atoms with E-state index in [0.29, 0.717) is 18.9 Å². The van der Waals surface area contributed by atoms with Crippen molar-refractivity contribution in [1.82, 2.24) is 0 Å². The van der Waals surface area contributed by atoms with Crippen LogP contribution in [0.4, 0.5) is 0 Å². The molecule has 0 unspecified atom stereocenters. The summed E-state index contributed by atoms with van der Waals surface area (Å²) in [6, 6.07) is 31.7. The normalized spacial score (nSPS) is 19.0. The van der Waals surface area contributed by atoms with Crippen LogP contribution >= 0.6 is 0 Å². The van der Waals surface area contributed by atoms with Crippen LogP contribution in [0.25, 0.3) is 0 Å². The van der Waals surface area contributed by atoms with Gasteiger partial charge in [-0.15, -0.1) is 0 Å². The van der Waals surface area contributed by atoms with Gasteiger partial charge in [0.05, 0.1) is 18.8 Å². The molecule has 1 aliphatic rings. The van der Waals surface area contributed by atoms with Gasteiger partial charge in [0.1, 0.15) is 6.29 Å². The molecule has 0 fully saturated rings. The van der Waals surface area contributed by atoms with Crippen molar-refractivity contribution in [3.8, 4) is 0 Å². The molecule has 3 aromatic carbocycles. The molecule has 4 rings (SSSR count). The average Bonchev–Trinajstić information content (AvgIpc) is 3.07. The topological polar surface area (TPSA) is 44.8 Å². The lowest BCUT2D eigenvalue weighted by atomic mass is 9.89. The molecule has 0 N–H and O–H groups in total. The van der Waals surface area contributed by atoms with Crippen molar-refractivity contribution >= 4 is 33.3 Å². The Morgan fingerprint density at radius 2 is 1.37 bits per heavy atom. The Hall–Kier alpha value is -2.88. The van der Waals surface area contributed by atoms with E-state index in [1.54, 1.807) is 0 Å². The van der Waals surface area contributed by atoms with E-state index < -0.39 is 16.6 Å². The monoisotopic (exact) mass is 696 g/mol.